The van der Waals surface area contributed by atoms with Crippen LogP contribution in [0.2, 0.25) is 0 Å². The smallest absolute Gasteiger partial charge is 0.123 e. The fourth-order valence-corrected chi connectivity index (χ4v) is 1.98. The SMILES string of the molecule is Cn1ccc(CN(CCCN)c2ccc(F)cc2)n1. The summed E-state index contributed by atoms with van der Waals surface area (Å²) in [7, 11) is 1.89. The summed E-state index contributed by atoms with van der Waals surface area (Å²) in [6, 6.07) is 8.51. The van der Waals surface area contributed by atoms with E-state index < -0.39 is 0 Å². The van der Waals surface area contributed by atoms with E-state index in [1.54, 1.807) is 16.8 Å². The van der Waals surface area contributed by atoms with E-state index in [0.717, 1.165) is 24.3 Å². The molecule has 0 fully saturated rings. The Balaban J connectivity index is 2.13. The average molecular weight is 262 g/mol. The molecule has 0 unspecified atom stereocenters. The van der Waals surface area contributed by atoms with Crippen LogP contribution in [-0.2, 0) is 13.6 Å². The molecule has 2 N–H and O–H groups in total. The van der Waals surface area contributed by atoms with Gasteiger partial charge in [-0.05, 0) is 43.3 Å². The number of aromatic nitrogens is 2. The number of aryl methyl sites for hydroxylation is 1. The Kier molecular flexibility index (Phi) is 4.52. The highest BCUT2D eigenvalue weighted by molar-refractivity contribution is 5.46. The second-order valence-corrected chi connectivity index (χ2v) is 4.52. The van der Waals surface area contributed by atoms with Crippen molar-refractivity contribution in [3.8, 4) is 0 Å². The highest BCUT2D eigenvalue weighted by Gasteiger charge is 2.09. The predicted octanol–water partition coefficient (Wildman–Crippen LogP) is 1.91. The molecule has 1 aromatic carbocycles. The molecule has 0 bridgehead atoms. The Morgan fingerprint density at radius 2 is 2.00 bits per heavy atom. The van der Waals surface area contributed by atoms with Crippen LogP contribution < -0.4 is 10.6 Å². The zero-order valence-electron chi connectivity index (χ0n) is 11.1. The van der Waals surface area contributed by atoms with Gasteiger partial charge in [0.25, 0.3) is 0 Å². The van der Waals surface area contributed by atoms with E-state index >= 15 is 0 Å². The third-order valence-electron chi connectivity index (χ3n) is 2.95. The first kappa shape index (κ1) is 13.5. The molecule has 0 saturated heterocycles. The van der Waals surface area contributed by atoms with Crippen LogP contribution in [0.15, 0.2) is 36.5 Å². The molecule has 4 nitrogen and oxygen atoms in total. The Bertz CT molecular complexity index is 506. The third-order valence-corrected chi connectivity index (χ3v) is 2.95. The zero-order chi connectivity index (χ0) is 13.7. The highest BCUT2D eigenvalue weighted by Crippen LogP contribution is 2.17. The molecule has 2 aromatic rings. The van der Waals surface area contributed by atoms with Gasteiger partial charge in [-0.25, -0.2) is 4.39 Å². The monoisotopic (exact) mass is 262 g/mol. The van der Waals surface area contributed by atoms with Gasteiger partial charge in [0, 0.05) is 25.5 Å². The van der Waals surface area contributed by atoms with E-state index in [2.05, 4.69) is 10.00 Å². The maximum atomic E-state index is 13.0. The van der Waals surface area contributed by atoms with Gasteiger partial charge in [-0.15, -0.1) is 0 Å². The third kappa shape index (κ3) is 3.79. The van der Waals surface area contributed by atoms with Crippen molar-refractivity contribution in [3.05, 3.63) is 48.0 Å². The fraction of sp³-hybridized carbons (Fsp3) is 0.357. The largest absolute Gasteiger partial charge is 0.366 e. The molecule has 0 saturated carbocycles. The lowest BCUT2D eigenvalue weighted by molar-refractivity contribution is 0.627. The van der Waals surface area contributed by atoms with Gasteiger partial charge in [0.1, 0.15) is 5.82 Å². The highest BCUT2D eigenvalue weighted by atomic mass is 19.1. The van der Waals surface area contributed by atoms with Crippen LogP contribution >= 0.6 is 0 Å². The topological polar surface area (TPSA) is 47.1 Å². The van der Waals surface area contributed by atoms with Crippen LogP contribution in [0.3, 0.4) is 0 Å². The molecule has 0 aliphatic rings. The molecular weight excluding hydrogens is 243 g/mol. The summed E-state index contributed by atoms with van der Waals surface area (Å²) in [5.41, 5.74) is 7.55. The predicted molar refractivity (Wildman–Crippen MR) is 74.3 cm³/mol. The lowest BCUT2D eigenvalue weighted by Gasteiger charge is -2.23. The van der Waals surface area contributed by atoms with Gasteiger partial charge in [-0.3, -0.25) is 4.68 Å². The summed E-state index contributed by atoms with van der Waals surface area (Å²) in [6.07, 6.45) is 2.81. The van der Waals surface area contributed by atoms with Crippen LogP contribution in [0, 0.1) is 5.82 Å². The lowest BCUT2D eigenvalue weighted by atomic mass is 10.2. The van der Waals surface area contributed by atoms with Crippen molar-refractivity contribution in [2.75, 3.05) is 18.0 Å². The molecule has 5 heteroatoms. The molecule has 0 amide bonds. The minimum absolute atomic E-state index is 0.222. The van der Waals surface area contributed by atoms with Gasteiger partial charge in [0.05, 0.1) is 12.2 Å². The van der Waals surface area contributed by atoms with E-state index in [0.29, 0.717) is 13.1 Å². The standard InChI is InChI=1S/C14H19FN4/c1-18-10-7-13(17-18)11-19(9-2-8-16)14-5-3-12(15)4-6-14/h3-7,10H,2,8-9,11,16H2,1H3. The quantitative estimate of drug-likeness (QED) is 0.865. The van der Waals surface area contributed by atoms with E-state index in [-0.39, 0.29) is 5.82 Å². The Morgan fingerprint density at radius 1 is 1.26 bits per heavy atom. The van der Waals surface area contributed by atoms with Gasteiger partial charge in [-0.1, -0.05) is 0 Å². The van der Waals surface area contributed by atoms with E-state index in [4.69, 9.17) is 5.73 Å². The number of hydrogen-bond acceptors (Lipinski definition) is 3. The number of benzene rings is 1. The van der Waals surface area contributed by atoms with Crippen molar-refractivity contribution in [1.82, 2.24) is 9.78 Å². The summed E-state index contributed by atoms with van der Waals surface area (Å²) in [5.74, 6) is -0.222. The molecule has 19 heavy (non-hydrogen) atoms. The fourth-order valence-electron chi connectivity index (χ4n) is 1.98. The second-order valence-electron chi connectivity index (χ2n) is 4.52. The maximum absolute atomic E-state index is 13.0. The molecule has 102 valence electrons. The molecule has 0 aliphatic carbocycles. The molecule has 0 atom stereocenters. The van der Waals surface area contributed by atoms with Crippen molar-refractivity contribution in [2.24, 2.45) is 12.8 Å². The molecular formula is C14H19FN4. The first-order chi connectivity index (χ1) is 9.19. The Morgan fingerprint density at radius 3 is 2.58 bits per heavy atom. The number of nitrogens with two attached hydrogens (primary N) is 1. The molecule has 0 spiro atoms. The Hall–Kier alpha value is -1.88. The summed E-state index contributed by atoms with van der Waals surface area (Å²) < 4.78 is 14.8. The van der Waals surface area contributed by atoms with Crippen molar-refractivity contribution >= 4 is 5.69 Å². The second kappa shape index (κ2) is 6.33. The molecule has 1 heterocycles. The van der Waals surface area contributed by atoms with Crippen LogP contribution in [0.1, 0.15) is 12.1 Å². The first-order valence-corrected chi connectivity index (χ1v) is 6.38. The number of halogens is 1. The minimum atomic E-state index is -0.222. The van der Waals surface area contributed by atoms with E-state index in [9.17, 15) is 4.39 Å². The number of nitrogens with zero attached hydrogens (tertiary/aromatic N) is 3. The molecule has 2 rings (SSSR count). The van der Waals surface area contributed by atoms with Gasteiger partial charge < -0.3 is 10.6 Å². The average Bonchev–Trinajstić information content (AvgIpc) is 2.81. The van der Waals surface area contributed by atoms with Crippen LogP contribution in [0.25, 0.3) is 0 Å². The van der Waals surface area contributed by atoms with Gasteiger partial charge in [0.15, 0.2) is 0 Å². The van der Waals surface area contributed by atoms with Crippen molar-refractivity contribution in [2.45, 2.75) is 13.0 Å². The van der Waals surface area contributed by atoms with E-state index in [1.165, 1.54) is 12.1 Å². The van der Waals surface area contributed by atoms with Crippen molar-refractivity contribution < 1.29 is 4.39 Å². The lowest BCUT2D eigenvalue weighted by Crippen LogP contribution is -2.26. The molecule has 0 aliphatic heterocycles. The van der Waals surface area contributed by atoms with Crippen LogP contribution in [0.5, 0.6) is 0 Å². The van der Waals surface area contributed by atoms with E-state index in [1.807, 2.05) is 19.3 Å². The molecule has 0 radical (unpaired) electrons. The minimum Gasteiger partial charge on any atom is -0.366 e. The normalized spacial score (nSPS) is 10.7. The van der Waals surface area contributed by atoms with Crippen molar-refractivity contribution in [1.29, 1.82) is 0 Å². The summed E-state index contributed by atoms with van der Waals surface area (Å²) in [5, 5.41) is 4.37. The van der Waals surface area contributed by atoms with Gasteiger partial charge in [0.2, 0.25) is 0 Å². The van der Waals surface area contributed by atoms with Crippen LogP contribution in [-0.4, -0.2) is 22.9 Å². The zero-order valence-corrected chi connectivity index (χ0v) is 11.1. The summed E-state index contributed by atoms with van der Waals surface area (Å²) in [4.78, 5) is 2.16. The maximum Gasteiger partial charge on any atom is 0.123 e. The number of rotatable bonds is 6. The number of anilines is 1. The van der Waals surface area contributed by atoms with Gasteiger partial charge in [-0.2, -0.15) is 5.10 Å². The number of hydrogen-bond donors (Lipinski definition) is 1. The van der Waals surface area contributed by atoms with Crippen molar-refractivity contribution in [3.63, 3.8) is 0 Å². The first-order valence-electron chi connectivity index (χ1n) is 6.38. The Labute approximate surface area is 112 Å². The van der Waals surface area contributed by atoms with Gasteiger partial charge >= 0.3 is 0 Å². The summed E-state index contributed by atoms with van der Waals surface area (Å²) >= 11 is 0. The summed E-state index contributed by atoms with van der Waals surface area (Å²) in [6.45, 7) is 2.17. The molecule has 1 aromatic heterocycles. The van der Waals surface area contributed by atoms with Crippen LogP contribution in [0.4, 0.5) is 10.1 Å².